The zero-order valence-electron chi connectivity index (χ0n) is 14.1. The molecule has 0 spiro atoms. The van der Waals surface area contributed by atoms with E-state index >= 15 is 0 Å². The molecular weight excluding hydrogens is 306 g/mol. The number of hydrogen-bond acceptors (Lipinski definition) is 4. The fourth-order valence-corrected chi connectivity index (χ4v) is 4.40. The fourth-order valence-electron chi connectivity index (χ4n) is 4.40. The number of nitrogens with zero attached hydrogens (tertiary/aromatic N) is 2. The van der Waals surface area contributed by atoms with Crippen LogP contribution in [-0.2, 0) is 17.6 Å². The summed E-state index contributed by atoms with van der Waals surface area (Å²) in [5.74, 6) is 0.651. The van der Waals surface area contributed by atoms with Crippen LogP contribution in [0.15, 0.2) is 4.52 Å². The van der Waals surface area contributed by atoms with Crippen LogP contribution in [0.1, 0.15) is 66.8 Å². The molecule has 4 rings (SSSR count). The Kier molecular flexibility index (Phi) is 4.29. The van der Waals surface area contributed by atoms with E-state index in [-0.39, 0.29) is 17.7 Å². The number of fused-ring (bicyclic) bond motifs is 1. The van der Waals surface area contributed by atoms with E-state index < -0.39 is 0 Å². The first-order chi connectivity index (χ1) is 11.7. The molecule has 1 atom stereocenters. The minimum atomic E-state index is -0.183. The molecule has 2 aliphatic carbocycles. The molecule has 0 aromatic carbocycles. The van der Waals surface area contributed by atoms with Gasteiger partial charge in [0, 0.05) is 37.0 Å². The molecule has 3 aliphatic rings. The second-order valence-corrected chi connectivity index (χ2v) is 7.41. The molecule has 0 unspecified atom stereocenters. The van der Waals surface area contributed by atoms with Gasteiger partial charge in [0.05, 0.1) is 5.69 Å². The summed E-state index contributed by atoms with van der Waals surface area (Å²) in [7, 11) is 0. The standard InChI is InChI=1S/C18H25N3O3/c22-16-9-12(11-21(16)13-5-1-2-6-13)10-19-18(23)17-14-7-3-4-8-15(14)20-24-17/h12-13H,1-11H2,(H,19,23)/t12-/m1/s1. The molecule has 1 aliphatic heterocycles. The van der Waals surface area contributed by atoms with Crippen molar-refractivity contribution < 1.29 is 14.1 Å². The second-order valence-electron chi connectivity index (χ2n) is 7.41. The lowest BCUT2D eigenvalue weighted by molar-refractivity contribution is -0.129. The number of nitrogens with one attached hydrogen (secondary N) is 1. The van der Waals surface area contributed by atoms with Gasteiger partial charge in [-0.1, -0.05) is 18.0 Å². The van der Waals surface area contributed by atoms with E-state index in [9.17, 15) is 9.59 Å². The summed E-state index contributed by atoms with van der Waals surface area (Å²) < 4.78 is 5.28. The first-order valence-corrected chi connectivity index (χ1v) is 9.27. The van der Waals surface area contributed by atoms with Crippen molar-refractivity contribution in [2.75, 3.05) is 13.1 Å². The van der Waals surface area contributed by atoms with Crippen molar-refractivity contribution in [2.45, 2.75) is 63.8 Å². The van der Waals surface area contributed by atoms with Crippen molar-refractivity contribution in [1.82, 2.24) is 15.4 Å². The van der Waals surface area contributed by atoms with Crippen molar-refractivity contribution in [3.63, 3.8) is 0 Å². The number of carbonyl (C=O) groups is 2. The van der Waals surface area contributed by atoms with E-state index in [2.05, 4.69) is 10.5 Å². The predicted molar refractivity (Wildman–Crippen MR) is 87.6 cm³/mol. The minimum absolute atomic E-state index is 0.183. The summed E-state index contributed by atoms with van der Waals surface area (Å²) in [6.07, 6.45) is 9.25. The van der Waals surface area contributed by atoms with E-state index in [1.54, 1.807) is 0 Å². The Morgan fingerprint density at radius 2 is 2.00 bits per heavy atom. The highest BCUT2D eigenvalue weighted by molar-refractivity contribution is 5.93. The lowest BCUT2D eigenvalue weighted by atomic mass is 9.96. The first-order valence-electron chi connectivity index (χ1n) is 9.27. The van der Waals surface area contributed by atoms with Crippen LogP contribution in [0, 0.1) is 5.92 Å². The normalized spacial score (nSPS) is 24.4. The quantitative estimate of drug-likeness (QED) is 0.916. The summed E-state index contributed by atoms with van der Waals surface area (Å²) in [6.45, 7) is 1.31. The molecule has 0 radical (unpaired) electrons. The van der Waals surface area contributed by atoms with E-state index in [0.29, 0.717) is 24.8 Å². The molecule has 0 bridgehead atoms. The van der Waals surface area contributed by atoms with Gasteiger partial charge in [0.2, 0.25) is 11.7 Å². The van der Waals surface area contributed by atoms with Gasteiger partial charge in [0.25, 0.3) is 5.91 Å². The molecule has 2 fully saturated rings. The third kappa shape index (κ3) is 2.94. The van der Waals surface area contributed by atoms with Crippen LogP contribution in [-0.4, -0.2) is 41.0 Å². The lowest BCUT2D eigenvalue weighted by Gasteiger charge is -2.24. The molecule has 130 valence electrons. The van der Waals surface area contributed by atoms with Gasteiger partial charge in [-0.3, -0.25) is 9.59 Å². The van der Waals surface area contributed by atoms with Gasteiger partial charge in [0.1, 0.15) is 0 Å². The highest BCUT2D eigenvalue weighted by Gasteiger charge is 2.35. The Morgan fingerprint density at radius 1 is 1.21 bits per heavy atom. The highest BCUT2D eigenvalue weighted by Crippen LogP contribution is 2.29. The van der Waals surface area contributed by atoms with Crippen LogP contribution in [0.25, 0.3) is 0 Å². The second kappa shape index (κ2) is 6.57. The van der Waals surface area contributed by atoms with Gasteiger partial charge in [-0.25, -0.2) is 0 Å². The Morgan fingerprint density at radius 3 is 2.83 bits per heavy atom. The summed E-state index contributed by atoms with van der Waals surface area (Å²) in [4.78, 5) is 26.7. The third-order valence-electron chi connectivity index (χ3n) is 5.72. The van der Waals surface area contributed by atoms with Crippen LogP contribution in [0.2, 0.25) is 0 Å². The van der Waals surface area contributed by atoms with Crippen LogP contribution in [0.5, 0.6) is 0 Å². The third-order valence-corrected chi connectivity index (χ3v) is 5.72. The van der Waals surface area contributed by atoms with Gasteiger partial charge in [-0.05, 0) is 38.5 Å². The summed E-state index contributed by atoms with van der Waals surface area (Å²) in [5, 5.41) is 6.99. The minimum Gasteiger partial charge on any atom is -0.350 e. The number of aromatic nitrogens is 1. The molecule has 2 heterocycles. The molecule has 1 aromatic rings. The maximum absolute atomic E-state index is 12.4. The zero-order chi connectivity index (χ0) is 16.5. The van der Waals surface area contributed by atoms with Crippen molar-refractivity contribution in [1.29, 1.82) is 0 Å². The van der Waals surface area contributed by atoms with Gasteiger partial charge < -0.3 is 14.7 Å². The van der Waals surface area contributed by atoms with E-state index in [4.69, 9.17) is 4.52 Å². The molecule has 24 heavy (non-hydrogen) atoms. The Balaban J connectivity index is 1.33. The molecule has 1 N–H and O–H groups in total. The van der Waals surface area contributed by atoms with Crippen LogP contribution in [0.3, 0.4) is 0 Å². The predicted octanol–water partition coefficient (Wildman–Crippen LogP) is 2.07. The van der Waals surface area contributed by atoms with E-state index in [1.807, 2.05) is 4.90 Å². The van der Waals surface area contributed by atoms with Gasteiger partial charge >= 0.3 is 0 Å². The fraction of sp³-hybridized carbons (Fsp3) is 0.722. The van der Waals surface area contributed by atoms with Crippen molar-refractivity contribution in [3.8, 4) is 0 Å². The smallest absolute Gasteiger partial charge is 0.290 e. The molecule has 1 saturated carbocycles. The monoisotopic (exact) mass is 331 g/mol. The molecule has 6 nitrogen and oxygen atoms in total. The lowest BCUT2D eigenvalue weighted by Crippen LogP contribution is -2.36. The Bertz CT molecular complexity index is 633. The average molecular weight is 331 g/mol. The van der Waals surface area contributed by atoms with Gasteiger partial charge in [-0.15, -0.1) is 0 Å². The topological polar surface area (TPSA) is 75.4 Å². The van der Waals surface area contributed by atoms with Crippen molar-refractivity contribution in [3.05, 3.63) is 17.0 Å². The molecule has 6 heteroatoms. The highest BCUT2D eigenvalue weighted by atomic mass is 16.5. The summed E-state index contributed by atoms with van der Waals surface area (Å²) in [5.41, 5.74) is 1.92. The van der Waals surface area contributed by atoms with Crippen molar-refractivity contribution >= 4 is 11.8 Å². The van der Waals surface area contributed by atoms with Crippen molar-refractivity contribution in [2.24, 2.45) is 5.92 Å². The van der Waals surface area contributed by atoms with E-state index in [1.165, 1.54) is 12.8 Å². The number of carbonyl (C=O) groups excluding carboxylic acids is 2. The molecule has 1 aromatic heterocycles. The number of amides is 2. The average Bonchev–Trinajstić information content (AvgIpc) is 3.31. The number of aryl methyl sites for hydroxylation is 1. The molecule has 1 saturated heterocycles. The number of rotatable bonds is 4. The zero-order valence-corrected chi connectivity index (χ0v) is 14.1. The maximum atomic E-state index is 12.4. The van der Waals surface area contributed by atoms with Crippen LogP contribution < -0.4 is 5.32 Å². The summed E-state index contributed by atoms with van der Waals surface area (Å²) >= 11 is 0. The largest absolute Gasteiger partial charge is 0.350 e. The molecule has 2 amide bonds. The number of likely N-dealkylation sites (tertiary alicyclic amines) is 1. The molecular formula is C18H25N3O3. The van der Waals surface area contributed by atoms with E-state index in [0.717, 1.165) is 56.3 Å². The van der Waals surface area contributed by atoms with Gasteiger partial charge in [-0.2, -0.15) is 0 Å². The number of hydrogen-bond donors (Lipinski definition) is 1. The van der Waals surface area contributed by atoms with Crippen LogP contribution >= 0.6 is 0 Å². The van der Waals surface area contributed by atoms with Crippen LogP contribution in [0.4, 0.5) is 0 Å². The Labute approximate surface area is 141 Å². The maximum Gasteiger partial charge on any atom is 0.290 e. The SMILES string of the molecule is O=C(NC[C@H]1CC(=O)N(C2CCCC2)C1)c1onc2c1CCCC2. The first kappa shape index (κ1) is 15.7. The van der Waals surface area contributed by atoms with Gasteiger partial charge in [0.15, 0.2) is 0 Å². The summed E-state index contributed by atoms with van der Waals surface area (Å²) in [6, 6.07) is 0.430. The Hall–Kier alpha value is -1.85.